The van der Waals surface area contributed by atoms with Gasteiger partial charge in [-0.15, -0.1) is 0 Å². The lowest BCUT2D eigenvalue weighted by Crippen LogP contribution is -2.35. The number of rotatable bonds is 23. The van der Waals surface area contributed by atoms with Gasteiger partial charge in [-0.1, -0.05) is 0 Å². The third-order valence-corrected chi connectivity index (χ3v) is 5.63. The van der Waals surface area contributed by atoms with Crippen LogP contribution in [0, 0.1) is 0 Å². The normalized spacial score (nSPS) is 12.5. The summed E-state index contributed by atoms with van der Waals surface area (Å²) >= 11 is 0. The second-order valence-electron chi connectivity index (χ2n) is 8.79. The van der Waals surface area contributed by atoms with Crippen LogP contribution in [0.1, 0.15) is 57.8 Å². The summed E-state index contributed by atoms with van der Waals surface area (Å²) in [5.74, 6) is -1.58. The van der Waals surface area contributed by atoms with Gasteiger partial charge in [-0.25, -0.2) is 0 Å². The van der Waals surface area contributed by atoms with Crippen LogP contribution in [0.25, 0.3) is 0 Å². The summed E-state index contributed by atoms with van der Waals surface area (Å²) in [5, 5.41) is 7.75. The van der Waals surface area contributed by atoms with Crippen LogP contribution in [0.4, 0.5) is 0 Å². The van der Waals surface area contributed by atoms with E-state index in [4.69, 9.17) is 9.47 Å². The number of amides is 5. The zero-order chi connectivity index (χ0) is 28.9. The summed E-state index contributed by atoms with van der Waals surface area (Å²) in [6.07, 6.45) is 4.78. The Bertz CT molecular complexity index is 871. The summed E-state index contributed by atoms with van der Waals surface area (Å²) in [4.78, 5) is 82.1. The molecule has 0 aromatic heterocycles. The number of hydrogen-bond acceptors (Lipinski definition) is 9. The Morgan fingerprint density at radius 3 is 1.62 bits per heavy atom. The van der Waals surface area contributed by atoms with Crippen molar-refractivity contribution in [2.45, 2.75) is 57.8 Å². The number of nitrogens with zero attached hydrogens (tertiary/aromatic N) is 1. The molecule has 0 saturated carbocycles. The Kier molecular flexibility index (Phi) is 17.7. The van der Waals surface area contributed by atoms with Crippen molar-refractivity contribution in [3.05, 3.63) is 12.2 Å². The van der Waals surface area contributed by atoms with E-state index in [1.807, 2.05) is 0 Å². The monoisotopic (exact) mass is 552 g/mol. The Morgan fingerprint density at radius 2 is 1.10 bits per heavy atom. The zero-order valence-corrected chi connectivity index (χ0v) is 22.6. The van der Waals surface area contributed by atoms with E-state index in [0.717, 1.165) is 4.90 Å². The SMILES string of the molecule is CNC(=O)CCC(=O)CCCOCCCC(=O)CCC(=O)NCCOCCNC(=O)CCN1C(=O)C=CC1=O. The van der Waals surface area contributed by atoms with E-state index in [-0.39, 0.29) is 94.2 Å². The van der Waals surface area contributed by atoms with Gasteiger partial charge in [-0.3, -0.25) is 38.5 Å². The number of carbonyl (C=O) groups is 7. The fraction of sp³-hybridized carbons (Fsp3) is 0.654. The lowest BCUT2D eigenvalue weighted by molar-refractivity contribution is -0.137. The first-order valence-electron chi connectivity index (χ1n) is 13.2. The van der Waals surface area contributed by atoms with Crippen molar-refractivity contribution in [3.8, 4) is 0 Å². The lowest BCUT2D eigenvalue weighted by Gasteiger charge is -2.13. The minimum absolute atomic E-state index is 0.00556. The predicted octanol–water partition coefficient (Wildman–Crippen LogP) is -0.428. The summed E-state index contributed by atoms with van der Waals surface area (Å²) in [5.41, 5.74) is 0. The van der Waals surface area contributed by atoms with Gasteiger partial charge in [-0.05, 0) is 12.8 Å². The molecular weight excluding hydrogens is 512 g/mol. The molecule has 0 fully saturated rings. The number of ether oxygens (including phenoxy) is 2. The largest absolute Gasteiger partial charge is 0.381 e. The Morgan fingerprint density at radius 1 is 0.641 bits per heavy atom. The van der Waals surface area contributed by atoms with Crippen LogP contribution in [0.15, 0.2) is 12.2 Å². The van der Waals surface area contributed by atoms with Crippen LogP contribution in [-0.2, 0) is 43.0 Å². The molecule has 0 atom stereocenters. The summed E-state index contributed by atoms with van der Waals surface area (Å²) in [6.45, 7) is 1.84. The molecule has 0 unspecified atom stereocenters. The van der Waals surface area contributed by atoms with Gasteiger partial charge in [0, 0.05) is 97.0 Å². The molecular formula is C26H40N4O9. The highest BCUT2D eigenvalue weighted by Gasteiger charge is 2.23. The van der Waals surface area contributed by atoms with Gasteiger partial charge in [-0.2, -0.15) is 0 Å². The number of Topliss-reactive ketones (excluding diaryl/α,β-unsaturated/α-hetero) is 2. The fourth-order valence-corrected chi connectivity index (χ4v) is 3.39. The predicted molar refractivity (Wildman–Crippen MR) is 139 cm³/mol. The summed E-state index contributed by atoms with van der Waals surface area (Å²) < 4.78 is 10.8. The van der Waals surface area contributed by atoms with Crippen molar-refractivity contribution >= 4 is 41.1 Å². The van der Waals surface area contributed by atoms with Crippen molar-refractivity contribution in [1.29, 1.82) is 0 Å². The van der Waals surface area contributed by atoms with Gasteiger partial charge in [0.1, 0.15) is 11.6 Å². The number of carbonyl (C=O) groups excluding carboxylic acids is 7. The molecule has 13 heteroatoms. The van der Waals surface area contributed by atoms with E-state index in [0.29, 0.717) is 38.9 Å². The standard InChI is InChI=1S/C26H40N4O9/c1-27-22(33)8-6-20(31)4-2-16-38-17-3-5-21(32)7-9-23(34)28-13-18-39-19-14-29-24(35)12-15-30-25(36)10-11-26(30)37/h10-11H,2-9,12-19H2,1H3,(H,27,33)(H,28,34)(H,29,35). The van der Waals surface area contributed by atoms with E-state index in [2.05, 4.69) is 16.0 Å². The average Bonchev–Trinajstić information content (AvgIpc) is 3.24. The summed E-state index contributed by atoms with van der Waals surface area (Å²) in [7, 11) is 1.53. The minimum Gasteiger partial charge on any atom is -0.381 e. The van der Waals surface area contributed by atoms with Crippen molar-refractivity contribution < 1.29 is 43.0 Å². The Hall–Kier alpha value is -3.45. The third kappa shape index (κ3) is 16.9. The van der Waals surface area contributed by atoms with Crippen molar-refractivity contribution in [1.82, 2.24) is 20.9 Å². The molecule has 0 radical (unpaired) electrons. The second-order valence-corrected chi connectivity index (χ2v) is 8.79. The second kappa shape index (κ2) is 20.5. The number of ketones is 2. The van der Waals surface area contributed by atoms with Crippen molar-refractivity contribution in [2.24, 2.45) is 0 Å². The smallest absolute Gasteiger partial charge is 0.253 e. The first kappa shape index (κ1) is 33.6. The molecule has 0 spiro atoms. The Labute approximate surface area is 228 Å². The quantitative estimate of drug-likeness (QED) is 0.112. The molecule has 13 nitrogen and oxygen atoms in total. The molecule has 1 aliphatic heterocycles. The molecule has 218 valence electrons. The Balaban J connectivity index is 1.89. The van der Waals surface area contributed by atoms with Crippen LogP contribution in [-0.4, -0.2) is 99.1 Å². The molecule has 1 heterocycles. The zero-order valence-electron chi connectivity index (χ0n) is 22.6. The molecule has 0 aromatic rings. The van der Waals surface area contributed by atoms with Gasteiger partial charge in [0.15, 0.2) is 0 Å². The molecule has 3 N–H and O–H groups in total. The number of nitrogens with one attached hydrogen (secondary N) is 3. The summed E-state index contributed by atoms with van der Waals surface area (Å²) in [6, 6.07) is 0. The maximum atomic E-state index is 11.9. The van der Waals surface area contributed by atoms with E-state index < -0.39 is 11.8 Å². The molecule has 5 amide bonds. The molecule has 0 aromatic carbocycles. The van der Waals surface area contributed by atoms with Crippen molar-refractivity contribution in [3.63, 3.8) is 0 Å². The van der Waals surface area contributed by atoms with Crippen LogP contribution in [0.5, 0.6) is 0 Å². The maximum Gasteiger partial charge on any atom is 0.253 e. The fourth-order valence-electron chi connectivity index (χ4n) is 3.39. The molecule has 1 aliphatic rings. The van der Waals surface area contributed by atoms with Crippen LogP contribution >= 0.6 is 0 Å². The first-order chi connectivity index (χ1) is 18.7. The molecule has 1 rings (SSSR count). The highest BCUT2D eigenvalue weighted by molar-refractivity contribution is 6.13. The third-order valence-electron chi connectivity index (χ3n) is 5.63. The number of imide groups is 1. The van der Waals surface area contributed by atoms with Crippen LogP contribution in [0.3, 0.4) is 0 Å². The van der Waals surface area contributed by atoms with E-state index in [1.165, 1.54) is 19.2 Å². The highest BCUT2D eigenvalue weighted by Crippen LogP contribution is 2.04. The van der Waals surface area contributed by atoms with E-state index in [9.17, 15) is 33.6 Å². The van der Waals surface area contributed by atoms with E-state index >= 15 is 0 Å². The highest BCUT2D eigenvalue weighted by atomic mass is 16.5. The van der Waals surface area contributed by atoms with Crippen LogP contribution in [0.2, 0.25) is 0 Å². The van der Waals surface area contributed by atoms with E-state index in [1.54, 1.807) is 0 Å². The topological polar surface area (TPSA) is 177 Å². The van der Waals surface area contributed by atoms with Gasteiger partial charge in [0.05, 0.1) is 13.2 Å². The molecule has 0 saturated heterocycles. The average molecular weight is 553 g/mol. The van der Waals surface area contributed by atoms with Crippen molar-refractivity contribution in [2.75, 3.05) is 53.1 Å². The molecule has 0 bridgehead atoms. The molecule has 0 aliphatic carbocycles. The number of hydrogen-bond donors (Lipinski definition) is 3. The minimum atomic E-state index is -0.428. The van der Waals surface area contributed by atoms with Gasteiger partial charge in [0.25, 0.3) is 11.8 Å². The van der Waals surface area contributed by atoms with Gasteiger partial charge < -0.3 is 25.4 Å². The molecule has 39 heavy (non-hydrogen) atoms. The first-order valence-corrected chi connectivity index (χ1v) is 13.2. The van der Waals surface area contributed by atoms with Gasteiger partial charge in [0.2, 0.25) is 17.7 Å². The van der Waals surface area contributed by atoms with Gasteiger partial charge >= 0.3 is 0 Å². The lowest BCUT2D eigenvalue weighted by atomic mass is 10.1. The maximum absolute atomic E-state index is 11.9. The van der Waals surface area contributed by atoms with Crippen LogP contribution < -0.4 is 16.0 Å².